The minimum Gasteiger partial charge on any atom is -0.272 e. The molecule has 0 atom stereocenters. The van der Waals surface area contributed by atoms with Crippen LogP contribution in [-0.4, -0.2) is 20.0 Å². The number of nitrogens with one attached hydrogen (secondary N) is 1. The van der Waals surface area contributed by atoms with E-state index in [2.05, 4.69) is 15.3 Å². The van der Waals surface area contributed by atoms with Crippen molar-refractivity contribution in [3.63, 3.8) is 0 Å². The molecule has 14 heavy (non-hydrogen) atoms. The molecule has 2 aromatic heterocycles. The average Bonchev–Trinajstić information content (AvgIpc) is 2.66. The lowest BCUT2D eigenvalue weighted by Crippen LogP contribution is -1.92. The van der Waals surface area contributed by atoms with Crippen LogP contribution in [0.5, 0.6) is 0 Å². The van der Waals surface area contributed by atoms with Gasteiger partial charge in [0.2, 0.25) is 0 Å². The Hall–Kier alpha value is -1.49. The van der Waals surface area contributed by atoms with Gasteiger partial charge < -0.3 is 0 Å². The van der Waals surface area contributed by atoms with Gasteiger partial charge in [-0.3, -0.25) is 9.78 Å². The second-order valence-corrected chi connectivity index (χ2v) is 3.36. The van der Waals surface area contributed by atoms with Crippen LogP contribution in [0.1, 0.15) is 6.92 Å². The molecule has 4 nitrogen and oxygen atoms in total. The summed E-state index contributed by atoms with van der Waals surface area (Å²) in [4.78, 5) is 0. The first-order valence-electron chi connectivity index (χ1n) is 4.37. The Morgan fingerprint density at radius 3 is 2.93 bits per heavy atom. The predicted octanol–water partition coefficient (Wildman–Crippen LogP) is 2.02. The highest BCUT2D eigenvalue weighted by molar-refractivity contribution is 7.71. The molecule has 0 aliphatic carbocycles. The van der Waals surface area contributed by atoms with Gasteiger partial charge in [0.15, 0.2) is 0 Å². The van der Waals surface area contributed by atoms with Gasteiger partial charge in [-0.2, -0.15) is 10.2 Å². The Morgan fingerprint density at radius 2 is 2.29 bits per heavy atom. The van der Waals surface area contributed by atoms with Gasteiger partial charge in [0.25, 0.3) is 0 Å². The zero-order valence-electron chi connectivity index (χ0n) is 7.77. The highest BCUT2D eigenvalue weighted by atomic mass is 32.1. The number of rotatable bonds is 2. The number of nitrogens with zero attached hydrogens (tertiary/aromatic N) is 3. The van der Waals surface area contributed by atoms with Gasteiger partial charge in [-0.15, -0.1) is 0 Å². The lowest BCUT2D eigenvalue weighted by Gasteiger charge is -1.94. The molecular formula is C9H10N4S. The van der Waals surface area contributed by atoms with Crippen molar-refractivity contribution in [1.29, 1.82) is 0 Å². The first-order chi connectivity index (χ1) is 6.79. The van der Waals surface area contributed by atoms with Crippen molar-refractivity contribution in [1.82, 2.24) is 20.0 Å². The summed E-state index contributed by atoms with van der Waals surface area (Å²) in [7, 11) is 0. The molecule has 0 radical (unpaired) electrons. The highest BCUT2D eigenvalue weighted by Crippen LogP contribution is 2.16. The Morgan fingerprint density at radius 1 is 1.43 bits per heavy atom. The van der Waals surface area contributed by atoms with Crippen LogP contribution in [-0.2, 0) is 6.54 Å². The van der Waals surface area contributed by atoms with Gasteiger partial charge in [-0.1, -0.05) is 12.2 Å². The third-order valence-corrected chi connectivity index (χ3v) is 2.16. The molecular weight excluding hydrogens is 196 g/mol. The standard InChI is InChI=1S/C9H10N4S/c1-2-13-6-8(5-11-13)7-3-9(14)12-10-4-7/h3-6H,2H2,1H3,(H,12,14). The summed E-state index contributed by atoms with van der Waals surface area (Å²) in [5.41, 5.74) is 2.04. The number of aryl methyl sites for hydroxylation is 1. The molecule has 0 amide bonds. The van der Waals surface area contributed by atoms with Crippen LogP contribution >= 0.6 is 12.2 Å². The molecule has 1 N–H and O–H groups in total. The molecule has 0 saturated heterocycles. The lowest BCUT2D eigenvalue weighted by atomic mass is 10.2. The van der Waals surface area contributed by atoms with E-state index in [-0.39, 0.29) is 0 Å². The van der Waals surface area contributed by atoms with Crippen LogP contribution in [0.15, 0.2) is 24.7 Å². The van der Waals surface area contributed by atoms with Crippen molar-refractivity contribution in [3.8, 4) is 11.1 Å². The quantitative estimate of drug-likeness (QED) is 0.765. The summed E-state index contributed by atoms with van der Waals surface area (Å²) in [6, 6.07) is 1.87. The topological polar surface area (TPSA) is 46.5 Å². The van der Waals surface area contributed by atoms with E-state index >= 15 is 0 Å². The van der Waals surface area contributed by atoms with Crippen molar-refractivity contribution in [2.45, 2.75) is 13.5 Å². The largest absolute Gasteiger partial charge is 0.272 e. The molecule has 0 saturated carbocycles. The van der Waals surface area contributed by atoms with Gasteiger partial charge in [0.05, 0.1) is 12.4 Å². The molecule has 0 aliphatic heterocycles. The Labute approximate surface area is 86.6 Å². The monoisotopic (exact) mass is 206 g/mol. The van der Waals surface area contributed by atoms with Crippen molar-refractivity contribution in [3.05, 3.63) is 29.3 Å². The number of H-pyrrole nitrogens is 1. The normalized spacial score (nSPS) is 10.4. The molecule has 5 heteroatoms. The molecule has 2 heterocycles. The van der Waals surface area contributed by atoms with Gasteiger partial charge in [0, 0.05) is 23.9 Å². The maximum absolute atomic E-state index is 4.99. The number of hydrogen-bond acceptors (Lipinski definition) is 3. The first-order valence-corrected chi connectivity index (χ1v) is 4.78. The maximum atomic E-state index is 4.99. The molecule has 0 fully saturated rings. The van der Waals surface area contributed by atoms with E-state index in [0.717, 1.165) is 17.7 Å². The number of aromatic amines is 1. The summed E-state index contributed by atoms with van der Waals surface area (Å²) in [5.74, 6) is 0. The second-order valence-electron chi connectivity index (χ2n) is 2.92. The SMILES string of the molecule is CCn1cc(-c2cn[nH]c(=S)c2)cn1. The Balaban J connectivity index is 2.44. The van der Waals surface area contributed by atoms with Gasteiger partial charge in [-0.25, -0.2) is 0 Å². The van der Waals surface area contributed by atoms with Crippen molar-refractivity contribution in [2.24, 2.45) is 0 Å². The third kappa shape index (κ3) is 1.72. The Bertz CT molecular complexity index is 485. The first kappa shape index (κ1) is 9.08. The highest BCUT2D eigenvalue weighted by Gasteiger charge is 2.00. The van der Waals surface area contributed by atoms with E-state index in [1.807, 2.05) is 30.1 Å². The minimum absolute atomic E-state index is 0.631. The fourth-order valence-corrected chi connectivity index (χ4v) is 1.40. The zero-order chi connectivity index (χ0) is 9.97. The molecule has 2 rings (SSSR count). The van der Waals surface area contributed by atoms with E-state index in [4.69, 9.17) is 12.2 Å². The smallest absolute Gasteiger partial charge is 0.120 e. The molecule has 0 aromatic carbocycles. The predicted molar refractivity (Wildman–Crippen MR) is 56.3 cm³/mol. The molecule has 72 valence electrons. The summed E-state index contributed by atoms with van der Waals surface area (Å²) in [5, 5.41) is 10.8. The summed E-state index contributed by atoms with van der Waals surface area (Å²) in [6.07, 6.45) is 5.54. The van der Waals surface area contributed by atoms with E-state index in [0.29, 0.717) is 4.64 Å². The van der Waals surface area contributed by atoms with Crippen LogP contribution in [0, 0.1) is 4.64 Å². The van der Waals surface area contributed by atoms with Crippen LogP contribution in [0.2, 0.25) is 0 Å². The van der Waals surface area contributed by atoms with Crippen molar-refractivity contribution in [2.75, 3.05) is 0 Å². The number of hydrogen-bond donors (Lipinski definition) is 1. The fourth-order valence-electron chi connectivity index (χ4n) is 1.22. The van der Waals surface area contributed by atoms with Crippen molar-refractivity contribution < 1.29 is 0 Å². The minimum atomic E-state index is 0.631. The fraction of sp³-hybridized carbons (Fsp3) is 0.222. The molecule has 0 aliphatic rings. The maximum Gasteiger partial charge on any atom is 0.120 e. The van der Waals surface area contributed by atoms with E-state index in [1.54, 1.807) is 6.20 Å². The van der Waals surface area contributed by atoms with Gasteiger partial charge in [0.1, 0.15) is 4.64 Å². The van der Waals surface area contributed by atoms with Crippen LogP contribution in [0.4, 0.5) is 0 Å². The number of aromatic nitrogens is 4. The summed E-state index contributed by atoms with van der Waals surface area (Å²) >= 11 is 4.99. The van der Waals surface area contributed by atoms with Crippen LogP contribution in [0.3, 0.4) is 0 Å². The van der Waals surface area contributed by atoms with E-state index < -0.39 is 0 Å². The van der Waals surface area contributed by atoms with E-state index in [9.17, 15) is 0 Å². The molecule has 2 aromatic rings. The van der Waals surface area contributed by atoms with Crippen LogP contribution in [0.25, 0.3) is 11.1 Å². The van der Waals surface area contributed by atoms with E-state index in [1.165, 1.54) is 0 Å². The molecule has 0 unspecified atom stereocenters. The summed E-state index contributed by atoms with van der Waals surface area (Å²) in [6.45, 7) is 2.92. The lowest BCUT2D eigenvalue weighted by molar-refractivity contribution is 0.660. The average molecular weight is 206 g/mol. The van der Waals surface area contributed by atoms with Gasteiger partial charge >= 0.3 is 0 Å². The van der Waals surface area contributed by atoms with Crippen LogP contribution < -0.4 is 0 Å². The zero-order valence-corrected chi connectivity index (χ0v) is 8.58. The Kier molecular flexibility index (Phi) is 2.41. The second kappa shape index (κ2) is 3.71. The molecule has 0 spiro atoms. The van der Waals surface area contributed by atoms with Gasteiger partial charge in [-0.05, 0) is 13.0 Å². The third-order valence-electron chi connectivity index (χ3n) is 1.96. The summed E-state index contributed by atoms with van der Waals surface area (Å²) < 4.78 is 2.50. The molecule has 0 bridgehead atoms. The van der Waals surface area contributed by atoms with Crippen molar-refractivity contribution >= 4 is 12.2 Å².